The molecule has 0 amide bonds. The van der Waals surface area contributed by atoms with Gasteiger partial charge in [0.05, 0.1) is 26.4 Å². The fraction of sp³-hybridized carbons (Fsp3) is 0.400. The molecule has 12 nitrogen and oxygen atoms in total. The number of aliphatic carboxylic acids is 4. The van der Waals surface area contributed by atoms with E-state index >= 15 is 0 Å². The zero-order chi connectivity index (χ0) is 26.3. The molecule has 0 radical (unpaired) electrons. The van der Waals surface area contributed by atoms with Gasteiger partial charge in [-0.2, -0.15) is 0 Å². The van der Waals surface area contributed by atoms with E-state index in [9.17, 15) is 39.6 Å². The van der Waals surface area contributed by atoms with Crippen molar-refractivity contribution in [3.8, 4) is 0 Å². The van der Waals surface area contributed by atoms with Crippen LogP contribution in [0.2, 0.25) is 0 Å². The van der Waals surface area contributed by atoms with E-state index in [4.69, 9.17) is 0 Å². The fourth-order valence-electron chi connectivity index (χ4n) is 0.933. The minimum atomic E-state index is -1.35. The smallest absolute Gasteiger partial charge is 0.542 e. The Labute approximate surface area is 197 Å². The molecular weight excluding hydrogens is 460 g/mol. The van der Waals surface area contributed by atoms with Crippen molar-refractivity contribution in [2.75, 3.05) is 26.4 Å². The van der Waals surface area contributed by atoms with E-state index in [0.29, 0.717) is 26.4 Å². The molecule has 0 rings (SSSR count). The van der Waals surface area contributed by atoms with Gasteiger partial charge in [-0.25, -0.2) is 0 Å². The molecule has 0 aliphatic carbocycles. The Hall–Kier alpha value is -3.74. The van der Waals surface area contributed by atoms with Crippen molar-refractivity contribution < 1.29 is 58.6 Å². The van der Waals surface area contributed by atoms with Gasteiger partial charge < -0.3 is 58.6 Å². The van der Waals surface area contributed by atoms with E-state index in [0.717, 1.165) is 0 Å². The predicted molar refractivity (Wildman–Crippen MR) is 109 cm³/mol. The summed E-state index contributed by atoms with van der Waals surface area (Å²) < 4.78 is 17.8. The van der Waals surface area contributed by atoms with Crippen LogP contribution in [0.4, 0.5) is 0 Å². The Kier molecular flexibility index (Phi) is 31.6. The fourth-order valence-corrected chi connectivity index (χ4v) is 0.933. The Balaban J connectivity index is -0.000000105. The molecule has 0 saturated carbocycles. The van der Waals surface area contributed by atoms with Crippen LogP contribution in [0.1, 0.15) is 27.7 Å². The Morgan fingerprint density at radius 3 is 0.636 bits per heavy atom. The summed E-state index contributed by atoms with van der Waals surface area (Å²) in [4.78, 5) is 39.0. The molecule has 184 valence electrons. The van der Waals surface area contributed by atoms with Crippen LogP contribution in [-0.2, 0) is 38.1 Å². The molecule has 0 N–H and O–H groups in total. The van der Waals surface area contributed by atoms with Gasteiger partial charge in [0, 0.05) is 0 Å². The average Bonchev–Trinajstić information content (AvgIpc) is 2.70. The van der Waals surface area contributed by atoms with Crippen LogP contribution in [0, 0.1) is 0 Å². The number of ether oxygens (including phenoxy) is 4. The molecule has 0 aromatic heterocycles. The number of hydrogen-bond acceptors (Lipinski definition) is 12. The van der Waals surface area contributed by atoms with Gasteiger partial charge in [0.2, 0.25) is 0 Å². The number of carbonyl (C=O) groups excluding carboxylic acids is 4. The summed E-state index contributed by atoms with van der Waals surface area (Å²) in [6.07, 6.45) is 0. The first-order chi connectivity index (χ1) is 14.7. The molecule has 0 fully saturated rings. The van der Waals surface area contributed by atoms with Crippen molar-refractivity contribution >= 4 is 34.8 Å². The second-order valence-electron chi connectivity index (χ2n) is 4.57. The average molecular weight is 489 g/mol. The van der Waals surface area contributed by atoms with Crippen LogP contribution in [0.5, 0.6) is 0 Å². The van der Waals surface area contributed by atoms with Crippen LogP contribution in [0.3, 0.4) is 0 Å². The summed E-state index contributed by atoms with van der Waals surface area (Å²) in [5.41, 5.74) is 0. The molecule has 0 saturated heterocycles. The maximum Gasteiger partial charge on any atom is 4.00 e. The van der Waals surface area contributed by atoms with Crippen molar-refractivity contribution in [2.45, 2.75) is 27.7 Å². The molecule has 0 bridgehead atoms. The second kappa shape index (κ2) is 26.3. The van der Waals surface area contributed by atoms with Crippen molar-refractivity contribution in [1.82, 2.24) is 0 Å². The minimum absolute atomic E-state index is 0. The van der Waals surface area contributed by atoms with Crippen molar-refractivity contribution in [3.05, 3.63) is 49.4 Å². The zero-order valence-electron chi connectivity index (χ0n) is 19.1. The van der Waals surface area contributed by atoms with Crippen LogP contribution < -0.4 is 20.4 Å². The maximum absolute atomic E-state index is 9.75. The third-order valence-corrected chi connectivity index (χ3v) is 2.18. The summed E-state index contributed by atoms with van der Waals surface area (Å²) in [5, 5.41) is 39.0. The summed E-state index contributed by atoms with van der Waals surface area (Å²) >= 11 is 0. The van der Waals surface area contributed by atoms with Gasteiger partial charge >= 0.3 is 11.0 Å². The molecule has 13 heteroatoms. The molecule has 0 aliphatic heterocycles. The van der Waals surface area contributed by atoms with Gasteiger partial charge in [0.25, 0.3) is 0 Å². The van der Waals surface area contributed by atoms with Gasteiger partial charge in [0.15, 0.2) is 0 Å². The van der Waals surface area contributed by atoms with E-state index in [1.165, 1.54) is 0 Å². The quantitative estimate of drug-likeness (QED) is 0.151. The van der Waals surface area contributed by atoms with Crippen molar-refractivity contribution in [2.24, 2.45) is 0 Å². The molecule has 33 heavy (non-hydrogen) atoms. The minimum Gasteiger partial charge on any atom is -0.542 e. The first-order valence-electron chi connectivity index (χ1n) is 8.85. The first-order valence-corrected chi connectivity index (χ1v) is 8.85. The van der Waals surface area contributed by atoms with Crippen LogP contribution in [0.25, 0.3) is 0 Å². The van der Waals surface area contributed by atoms with E-state index < -0.39 is 23.9 Å². The standard InChI is InChI=1S/4C5H8O3.Si/c4*1-3-8-4(2)5(6)7;/h4*2-3H2,1H3,(H,6,7);/q;;;;+4/p-4. The molecular formula is C20H28O12Si. The largest absolute Gasteiger partial charge is 4.00 e. The van der Waals surface area contributed by atoms with Crippen LogP contribution in [-0.4, -0.2) is 61.3 Å². The molecule has 0 atom stereocenters. The predicted octanol–water partition coefficient (Wildman–Crippen LogP) is -3.23. The van der Waals surface area contributed by atoms with Crippen LogP contribution in [0.15, 0.2) is 49.4 Å². The second-order valence-corrected chi connectivity index (χ2v) is 4.57. The first kappa shape index (κ1) is 39.7. The molecule has 0 spiro atoms. The Morgan fingerprint density at radius 2 is 0.606 bits per heavy atom. The van der Waals surface area contributed by atoms with Gasteiger partial charge in [-0.1, -0.05) is 26.3 Å². The molecule has 0 unspecified atom stereocenters. The summed E-state index contributed by atoms with van der Waals surface area (Å²) in [6.45, 7) is 20.2. The SMILES string of the molecule is C=C(OCC)C(=O)[O-].C=C(OCC)C(=O)[O-].C=C(OCC)C(=O)[O-].C=C(OCC)C(=O)[O-].[Si+4]. The number of rotatable bonds is 12. The van der Waals surface area contributed by atoms with Gasteiger partial charge in [-0.15, -0.1) is 0 Å². The monoisotopic (exact) mass is 488 g/mol. The summed E-state index contributed by atoms with van der Waals surface area (Å²) in [6, 6.07) is 0. The molecule has 0 aromatic rings. The zero-order valence-corrected chi connectivity index (χ0v) is 20.1. The molecule has 0 heterocycles. The van der Waals surface area contributed by atoms with Gasteiger partial charge in [-0.3, -0.25) is 0 Å². The number of carbonyl (C=O) groups is 4. The van der Waals surface area contributed by atoms with E-state index in [-0.39, 0.29) is 34.0 Å². The van der Waals surface area contributed by atoms with Gasteiger partial charge in [-0.05, 0) is 27.7 Å². The van der Waals surface area contributed by atoms with E-state index in [1.807, 2.05) is 0 Å². The number of carboxylic acids is 4. The van der Waals surface area contributed by atoms with Gasteiger partial charge in [0.1, 0.15) is 46.9 Å². The van der Waals surface area contributed by atoms with Crippen LogP contribution >= 0.6 is 0 Å². The summed E-state index contributed by atoms with van der Waals surface area (Å²) in [5.74, 6) is -6.67. The molecule has 0 aromatic carbocycles. The Bertz CT molecular complexity index is 543. The maximum atomic E-state index is 9.75. The van der Waals surface area contributed by atoms with E-state index in [1.54, 1.807) is 27.7 Å². The third-order valence-electron chi connectivity index (χ3n) is 2.18. The Morgan fingerprint density at radius 1 is 0.485 bits per heavy atom. The third kappa shape index (κ3) is 33.1. The van der Waals surface area contributed by atoms with Crippen molar-refractivity contribution in [1.29, 1.82) is 0 Å². The molecule has 0 aliphatic rings. The number of carboxylic acid groups (broad SMARTS) is 4. The number of hydrogen-bond donors (Lipinski definition) is 0. The summed E-state index contributed by atoms with van der Waals surface area (Å²) in [7, 11) is 0. The van der Waals surface area contributed by atoms with E-state index in [2.05, 4.69) is 45.3 Å². The topological polar surface area (TPSA) is 197 Å². The van der Waals surface area contributed by atoms with Crippen molar-refractivity contribution in [3.63, 3.8) is 0 Å². The normalized spacial score (nSPS) is 7.88.